The molecule has 2 aliphatic heterocycles. The first-order valence-electron chi connectivity index (χ1n) is 14.6. The lowest BCUT2D eigenvalue weighted by atomic mass is 9.95. The van der Waals surface area contributed by atoms with E-state index in [9.17, 15) is 9.18 Å². The number of halogens is 1. The van der Waals surface area contributed by atoms with Crippen molar-refractivity contribution in [3.8, 4) is 22.4 Å². The summed E-state index contributed by atoms with van der Waals surface area (Å²) in [6, 6.07) is 25.1. The van der Waals surface area contributed by atoms with Crippen molar-refractivity contribution in [1.29, 1.82) is 0 Å². The predicted molar refractivity (Wildman–Crippen MR) is 166 cm³/mol. The van der Waals surface area contributed by atoms with Gasteiger partial charge in [-0.25, -0.2) is 9.37 Å². The highest BCUT2D eigenvalue weighted by molar-refractivity contribution is 6.04. The molecule has 8 nitrogen and oxygen atoms in total. The largest absolute Gasteiger partial charge is 0.368 e. The second kappa shape index (κ2) is 11.4. The van der Waals surface area contributed by atoms with E-state index in [2.05, 4.69) is 62.7 Å². The number of nitrogens with zero attached hydrogens (tertiary/aromatic N) is 4. The van der Waals surface area contributed by atoms with Gasteiger partial charge in [0.15, 0.2) is 0 Å². The van der Waals surface area contributed by atoms with Crippen molar-refractivity contribution in [2.75, 3.05) is 19.6 Å². The van der Waals surface area contributed by atoms with E-state index < -0.39 is 11.9 Å². The first kappa shape index (κ1) is 27.0. The molecule has 0 bridgehead atoms. The summed E-state index contributed by atoms with van der Waals surface area (Å²) in [6.45, 7) is 3.16. The van der Waals surface area contributed by atoms with Crippen molar-refractivity contribution in [3.05, 3.63) is 108 Å². The zero-order valence-electron chi connectivity index (χ0n) is 23.6. The number of pyridine rings is 1. The normalized spacial score (nSPS) is 17.6. The Balaban J connectivity index is 1.05. The van der Waals surface area contributed by atoms with Gasteiger partial charge in [-0.05, 0) is 61.3 Å². The Morgan fingerprint density at radius 2 is 1.74 bits per heavy atom. The van der Waals surface area contributed by atoms with Crippen LogP contribution in [0.2, 0.25) is 0 Å². The van der Waals surface area contributed by atoms with Gasteiger partial charge in [-0.2, -0.15) is 0 Å². The van der Waals surface area contributed by atoms with Gasteiger partial charge in [0.2, 0.25) is 5.91 Å². The highest BCUT2D eigenvalue weighted by Gasteiger charge is 2.25. The van der Waals surface area contributed by atoms with Gasteiger partial charge in [0.25, 0.3) is 0 Å². The third-order valence-electron chi connectivity index (χ3n) is 8.40. The van der Waals surface area contributed by atoms with Crippen LogP contribution < -0.4 is 11.1 Å². The Hall–Kier alpha value is -4.89. The van der Waals surface area contributed by atoms with Gasteiger partial charge in [0, 0.05) is 35.3 Å². The molecule has 1 amide bonds. The molecule has 0 spiro atoms. The van der Waals surface area contributed by atoms with Crippen LogP contribution in [-0.2, 0) is 11.3 Å². The molecule has 1 atom stereocenters. The summed E-state index contributed by atoms with van der Waals surface area (Å²) >= 11 is 0. The molecular formula is C34H32FN7O. The number of imidazole rings is 1. The lowest BCUT2D eigenvalue weighted by molar-refractivity contribution is -0.119. The van der Waals surface area contributed by atoms with Gasteiger partial charge < -0.3 is 16.0 Å². The van der Waals surface area contributed by atoms with E-state index in [0.717, 1.165) is 77.3 Å². The molecule has 3 aromatic carbocycles. The number of H-pyrrole nitrogens is 1. The summed E-state index contributed by atoms with van der Waals surface area (Å²) in [7, 11) is 0. The maximum Gasteiger partial charge on any atom is 0.241 e. The first-order valence-corrected chi connectivity index (χ1v) is 14.6. The Bertz CT molecular complexity index is 1810. The monoisotopic (exact) mass is 573 g/mol. The number of aromatic amines is 1. The Kier molecular flexibility index (Phi) is 7.16. The molecule has 2 aromatic heterocycles. The van der Waals surface area contributed by atoms with Crippen molar-refractivity contribution in [3.63, 3.8) is 0 Å². The van der Waals surface area contributed by atoms with Crippen LogP contribution in [0.5, 0.6) is 0 Å². The molecule has 43 heavy (non-hydrogen) atoms. The lowest BCUT2D eigenvalue weighted by Gasteiger charge is -2.31. The maximum atomic E-state index is 13.6. The molecule has 1 unspecified atom stereocenters. The Morgan fingerprint density at radius 3 is 2.49 bits per heavy atom. The minimum Gasteiger partial charge on any atom is -0.368 e. The number of rotatable bonds is 7. The van der Waals surface area contributed by atoms with Crippen LogP contribution in [0.1, 0.15) is 35.7 Å². The predicted octanol–water partition coefficient (Wildman–Crippen LogP) is 5.01. The standard InChI is InChI=1S/C34H32FN7O/c35-26-10-11-28-29(17-26)40-34(39-28)24-12-14-42(15-13-24)20-21-6-8-23(9-7-21)31-27(22-4-2-1-3-5-22)16-25(18-37-31)33-38-19-30(41-33)32(36)43/h1-11,16-18,24,30H,12-15,19-20H2,(H2,36,43)(H,38,41)(H,39,40). The first-order chi connectivity index (χ1) is 21.0. The van der Waals surface area contributed by atoms with Crippen LogP contribution in [-0.4, -0.2) is 57.3 Å². The molecule has 7 rings (SSSR count). The molecule has 4 N–H and O–H groups in total. The number of carbonyl (C=O) groups excluding carboxylic acids is 1. The lowest BCUT2D eigenvalue weighted by Crippen LogP contribution is -2.41. The fraction of sp³-hybridized carbons (Fsp3) is 0.235. The molecule has 9 heteroatoms. The Morgan fingerprint density at radius 1 is 0.953 bits per heavy atom. The van der Waals surface area contributed by atoms with E-state index in [0.29, 0.717) is 18.3 Å². The van der Waals surface area contributed by atoms with Crippen LogP contribution in [0, 0.1) is 5.82 Å². The SMILES string of the molecule is NC(=O)C1CN=C(c2cnc(-c3ccc(CN4CCC(c5nc6ccc(F)cc6[nH]5)CC4)cc3)c(-c3ccccc3)c2)N1. The molecule has 0 radical (unpaired) electrons. The van der Waals surface area contributed by atoms with Gasteiger partial charge in [-0.1, -0.05) is 54.6 Å². The average molecular weight is 574 g/mol. The van der Waals surface area contributed by atoms with Crippen molar-refractivity contribution < 1.29 is 9.18 Å². The van der Waals surface area contributed by atoms with Crippen molar-refractivity contribution in [1.82, 2.24) is 25.2 Å². The van der Waals surface area contributed by atoms with Crippen LogP contribution >= 0.6 is 0 Å². The van der Waals surface area contributed by atoms with E-state index in [1.807, 2.05) is 18.2 Å². The topological polar surface area (TPSA) is 112 Å². The molecular weight excluding hydrogens is 541 g/mol. The zero-order valence-corrected chi connectivity index (χ0v) is 23.6. The number of piperidine rings is 1. The van der Waals surface area contributed by atoms with Gasteiger partial charge in [0.1, 0.15) is 23.5 Å². The highest BCUT2D eigenvalue weighted by atomic mass is 19.1. The van der Waals surface area contributed by atoms with Gasteiger partial charge in [-0.15, -0.1) is 0 Å². The number of hydrogen-bond acceptors (Lipinski definition) is 6. The van der Waals surface area contributed by atoms with E-state index in [1.54, 1.807) is 12.3 Å². The number of nitrogens with one attached hydrogen (secondary N) is 2. The Labute approximate surface area is 248 Å². The van der Waals surface area contributed by atoms with Crippen molar-refractivity contribution in [2.24, 2.45) is 10.7 Å². The number of aliphatic imine (C=N–C) groups is 1. The molecule has 0 saturated carbocycles. The third kappa shape index (κ3) is 5.63. The molecule has 4 heterocycles. The van der Waals surface area contributed by atoms with Gasteiger partial charge in [-0.3, -0.25) is 19.7 Å². The fourth-order valence-corrected chi connectivity index (χ4v) is 6.02. The number of amides is 1. The fourth-order valence-electron chi connectivity index (χ4n) is 6.02. The number of amidine groups is 1. The second-order valence-electron chi connectivity index (χ2n) is 11.3. The quantitative estimate of drug-likeness (QED) is 0.253. The van der Waals surface area contributed by atoms with Crippen LogP contribution in [0.4, 0.5) is 4.39 Å². The number of carbonyl (C=O) groups is 1. The molecule has 216 valence electrons. The third-order valence-corrected chi connectivity index (χ3v) is 8.40. The molecule has 5 aromatic rings. The summed E-state index contributed by atoms with van der Waals surface area (Å²) in [6.07, 6.45) is 3.82. The molecule has 1 fully saturated rings. The average Bonchev–Trinajstić information content (AvgIpc) is 3.70. The van der Waals surface area contributed by atoms with Gasteiger partial charge >= 0.3 is 0 Å². The van der Waals surface area contributed by atoms with Crippen LogP contribution in [0.25, 0.3) is 33.4 Å². The smallest absolute Gasteiger partial charge is 0.241 e. The van der Waals surface area contributed by atoms with E-state index in [1.165, 1.54) is 17.7 Å². The number of hydrogen-bond donors (Lipinski definition) is 3. The van der Waals surface area contributed by atoms with E-state index >= 15 is 0 Å². The number of fused-ring (bicyclic) bond motifs is 1. The van der Waals surface area contributed by atoms with Crippen LogP contribution in [0.3, 0.4) is 0 Å². The maximum absolute atomic E-state index is 13.6. The van der Waals surface area contributed by atoms with Gasteiger partial charge in [0.05, 0.1) is 23.3 Å². The van der Waals surface area contributed by atoms with E-state index in [-0.39, 0.29) is 5.82 Å². The summed E-state index contributed by atoms with van der Waals surface area (Å²) in [5, 5.41) is 3.12. The minimum atomic E-state index is -0.496. The van der Waals surface area contributed by atoms with Crippen molar-refractivity contribution in [2.45, 2.75) is 31.3 Å². The number of aromatic nitrogens is 3. The second-order valence-corrected chi connectivity index (χ2v) is 11.3. The number of benzene rings is 3. The van der Waals surface area contributed by atoms with Crippen LogP contribution in [0.15, 0.2) is 90.1 Å². The highest BCUT2D eigenvalue weighted by Crippen LogP contribution is 2.33. The number of nitrogens with two attached hydrogens (primary N) is 1. The summed E-state index contributed by atoms with van der Waals surface area (Å²) in [5.41, 5.74) is 13.1. The molecule has 0 aliphatic carbocycles. The molecule has 2 aliphatic rings. The van der Waals surface area contributed by atoms with Crippen molar-refractivity contribution >= 4 is 22.8 Å². The summed E-state index contributed by atoms with van der Waals surface area (Å²) in [5.74, 6) is 1.28. The van der Waals surface area contributed by atoms with E-state index in [4.69, 9.17) is 15.7 Å². The molecule has 1 saturated heterocycles. The zero-order chi connectivity index (χ0) is 29.3. The summed E-state index contributed by atoms with van der Waals surface area (Å²) in [4.78, 5) is 31.5. The summed E-state index contributed by atoms with van der Waals surface area (Å²) < 4.78 is 13.6. The minimum absolute atomic E-state index is 0.247. The number of likely N-dealkylation sites (tertiary alicyclic amines) is 1. The number of primary amides is 1.